The second-order valence-electron chi connectivity index (χ2n) is 1.62. The van der Waals surface area contributed by atoms with Gasteiger partial charge in [-0.1, -0.05) is 20.8 Å². The van der Waals surface area contributed by atoms with Crippen molar-refractivity contribution in [3.63, 3.8) is 0 Å². The van der Waals surface area contributed by atoms with Crippen molar-refractivity contribution in [2.24, 2.45) is 0 Å². The van der Waals surface area contributed by atoms with Gasteiger partial charge in [0.15, 0.2) is 0 Å². The summed E-state index contributed by atoms with van der Waals surface area (Å²) in [6, 6.07) is 0. The average molecular weight is 372 g/mol. The Labute approximate surface area is 83.6 Å². The average Bonchev–Trinajstić information content (AvgIpc) is 1.96. The van der Waals surface area contributed by atoms with Crippen molar-refractivity contribution >= 4 is 45.2 Å². The molecule has 0 atom stereocenters. The van der Waals surface area contributed by atoms with Crippen LogP contribution in [0.4, 0.5) is 0 Å². The third kappa shape index (κ3) is 9.89. The molecule has 0 aromatic carbocycles. The molecular weight excluding hydrogens is 357 g/mol. The van der Waals surface area contributed by atoms with Crippen LogP contribution in [0.15, 0.2) is 0 Å². The molecule has 9 heavy (non-hydrogen) atoms. The van der Waals surface area contributed by atoms with Crippen LogP contribution in [0.1, 0.15) is 20.8 Å². The van der Waals surface area contributed by atoms with E-state index in [-0.39, 0.29) is 0 Å². The molecule has 58 valence electrons. The largest absolute Gasteiger partial charge is 0.108 e. The lowest BCUT2D eigenvalue weighted by molar-refractivity contribution is 1.35. The molecule has 0 saturated heterocycles. The summed E-state index contributed by atoms with van der Waals surface area (Å²) in [5.74, 6) is 0. The highest BCUT2D eigenvalue weighted by Crippen LogP contribution is 2.32. The zero-order valence-corrected chi connectivity index (χ0v) is 11.5. The van der Waals surface area contributed by atoms with E-state index in [9.17, 15) is 0 Å². The maximum absolute atomic E-state index is 2.29. The number of hydrogen-bond donors (Lipinski definition) is 0. The molecule has 0 amide bonds. The summed E-state index contributed by atoms with van der Waals surface area (Å²) in [4.78, 5) is 0. The van der Waals surface area contributed by atoms with E-state index in [1.54, 1.807) is 0 Å². The van der Waals surface area contributed by atoms with Gasteiger partial charge >= 0.3 is 0 Å². The van der Waals surface area contributed by atoms with E-state index in [1.807, 2.05) is 0 Å². The van der Waals surface area contributed by atoms with Gasteiger partial charge in [-0.15, -0.1) is 7.92 Å². The van der Waals surface area contributed by atoms with Gasteiger partial charge in [-0.05, 0) is 18.5 Å². The van der Waals surface area contributed by atoms with Gasteiger partial charge in [0.05, 0.1) is 0 Å². The summed E-state index contributed by atoms with van der Waals surface area (Å²) in [5, 5.41) is 0. The van der Waals surface area contributed by atoms with Gasteiger partial charge in [0.25, 0.3) is 0 Å². The van der Waals surface area contributed by atoms with Crippen LogP contribution in [0.2, 0.25) is 0 Å². The first-order valence-electron chi connectivity index (χ1n) is 3.21. The Balaban J connectivity index is 0. The fourth-order valence-electron chi connectivity index (χ4n) is 0.671. The Hall–Kier alpha value is 1.89. The molecule has 0 aliphatic carbocycles. The lowest BCUT2D eigenvalue weighted by atomic mass is 10.9. The molecule has 0 aliphatic rings. The van der Waals surface area contributed by atoms with Crippen LogP contribution >= 0.6 is 45.2 Å². The van der Waals surface area contributed by atoms with Crippen LogP contribution in [0.25, 0.3) is 0 Å². The number of hydrogen-bond acceptors (Lipinski definition) is 0. The summed E-state index contributed by atoms with van der Waals surface area (Å²) in [5.41, 5.74) is 0. The smallest absolute Gasteiger partial charge is 0 e. The maximum atomic E-state index is 2.29. The summed E-state index contributed by atoms with van der Waals surface area (Å²) >= 11 is 4.24. The summed E-state index contributed by atoms with van der Waals surface area (Å²) in [6.45, 7) is 6.87. The van der Waals surface area contributed by atoms with Crippen molar-refractivity contribution in [2.75, 3.05) is 18.5 Å². The van der Waals surface area contributed by atoms with Crippen LogP contribution < -0.4 is 0 Å². The van der Waals surface area contributed by atoms with Crippen molar-refractivity contribution in [1.29, 1.82) is 0 Å². The molecule has 0 N–H and O–H groups in total. The molecule has 0 heterocycles. The van der Waals surface area contributed by atoms with Gasteiger partial charge < -0.3 is 0 Å². The zero-order chi connectivity index (χ0) is 7.70. The molecule has 0 saturated carbocycles. The summed E-state index contributed by atoms with van der Waals surface area (Å²) in [7, 11) is 0.446. The minimum atomic E-state index is 0.446. The van der Waals surface area contributed by atoms with E-state index in [0.717, 1.165) is 0 Å². The molecule has 0 aromatic rings. The number of halogens is 2. The molecule has 0 fully saturated rings. The third-order valence-corrected chi connectivity index (χ3v) is 4.02. The summed E-state index contributed by atoms with van der Waals surface area (Å²) in [6.07, 6.45) is 4.26. The van der Waals surface area contributed by atoms with E-state index in [0.29, 0.717) is 7.92 Å². The van der Waals surface area contributed by atoms with Gasteiger partial charge in [0.2, 0.25) is 0 Å². The molecule has 3 heteroatoms. The first-order chi connectivity index (χ1) is 4.35. The second-order valence-corrected chi connectivity index (χ2v) is 4.86. The first-order valence-corrected chi connectivity index (χ1v) is 11.4. The Morgan fingerprint density at radius 2 is 1.11 bits per heavy atom. The van der Waals surface area contributed by atoms with Crippen molar-refractivity contribution in [3.05, 3.63) is 0 Å². The van der Waals surface area contributed by atoms with Gasteiger partial charge in [-0.2, -0.15) is 0 Å². The molecule has 0 rings (SSSR count). The van der Waals surface area contributed by atoms with E-state index in [4.69, 9.17) is 0 Å². The first kappa shape index (κ1) is 13.5. The Morgan fingerprint density at radius 1 is 0.889 bits per heavy atom. The third-order valence-electron chi connectivity index (χ3n) is 1.34. The van der Waals surface area contributed by atoms with Crippen LogP contribution in [0.5, 0.6) is 0 Å². The van der Waals surface area contributed by atoms with E-state index >= 15 is 0 Å². The molecular formula is C6H15I2P. The van der Waals surface area contributed by atoms with Crippen molar-refractivity contribution in [2.45, 2.75) is 20.8 Å². The van der Waals surface area contributed by atoms with Crippen molar-refractivity contribution in [1.82, 2.24) is 0 Å². The predicted octanol–water partition coefficient (Wildman–Crippen LogP) is 4.30. The SMILES string of the molecule is CCP(CC)CC.II. The molecule has 0 aromatic heterocycles. The van der Waals surface area contributed by atoms with Gasteiger partial charge in [0, 0.05) is 37.2 Å². The fourth-order valence-corrected chi connectivity index (χ4v) is 2.01. The molecule has 0 spiro atoms. The van der Waals surface area contributed by atoms with E-state index in [2.05, 4.69) is 58.0 Å². The van der Waals surface area contributed by atoms with Gasteiger partial charge in [-0.25, -0.2) is 0 Å². The van der Waals surface area contributed by atoms with Crippen LogP contribution in [-0.4, -0.2) is 18.5 Å². The Bertz CT molecular complexity index is 32.5. The quantitative estimate of drug-likeness (QED) is 0.512. The highest BCUT2D eigenvalue weighted by molar-refractivity contribution is 15.0. The van der Waals surface area contributed by atoms with Crippen LogP contribution in [0, 0.1) is 0 Å². The molecule has 0 aliphatic heterocycles. The minimum Gasteiger partial charge on any atom is -0.108 e. The topological polar surface area (TPSA) is 0 Å². The number of rotatable bonds is 3. The highest BCUT2D eigenvalue weighted by Gasteiger charge is 1.94. The molecule has 0 bridgehead atoms. The van der Waals surface area contributed by atoms with Gasteiger partial charge in [-0.3, -0.25) is 0 Å². The minimum absolute atomic E-state index is 0.446. The van der Waals surface area contributed by atoms with Crippen molar-refractivity contribution < 1.29 is 0 Å². The Morgan fingerprint density at radius 3 is 1.11 bits per heavy atom. The van der Waals surface area contributed by atoms with E-state index < -0.39 is 0 Å². The predicted molar refractivity (Wildman–Crippen MR) is 66.6 cm³/mol. The lowest BCUT2D eigenvalue weighted by Gasteiger charge is -2.07. The molecule has 0 unspecified atom stereocenters. The zero-order valence-electron chi connectivity index (χ0n) is 6.32. The van der Waals surface area contributed by atoms with E-state index in [1.165, 1.54) is 18.5 Å². The van der Waals surface area contributed by atoms with Crippen LogP contribution in [0.3, 0.4) is 0 Å². The highest BCUT2D eigenvalue weighted by atomic mass is 128. The molecule has 0 nitrogen and oxygen atoms in total. The normalized spacial score (nSPS) is 8.67. The standard InChI is InChI=1S/C6H15P.I2/c1-4-7(5-2)6-3;1-2/h4-6H2,1-3H3;. The maximum Gasteiger partial charge on any atom is 0 e. The Kier molecular flexibility index (Phi) is 18.8. The lowest BCUT2D eigenvalue weighted by Crippen LogP contribution is -1.83. The fraction of sp³-hybridized carbons (Fsp3) is 1.00. The summed E-state index contributed by atoms with van der Waals surface area (Å²) < 4.78 is 0. The van der Waals surface area contributed by atoms with Crippen LogP contribution in [-0.2, 0) is 0 Å². The van der Waals surface area contributed by atoms with Gasteiger partial charge in [0.1, 0.15) is 0 Å². The monoisotopic (exact) mass is 372 g/mol. The second kappa shape index (κ2) is 12.6. The van der Waals surface area contributed by atoms with Crippen molar-refractivity contribution in [3.8, 4) is 0 Å². The molecule has 0 radical (unpaired) electrons.